The van der Waals surface area contributed by atoms with Crippen molar-refractivity contribution in [2.24, 2.45) is 7.05 Å². The van der Waals surface area contributed by atoms with Crippen LogP contribution in [0, 0.1) is 0 Å². The van der Waals surface area contributed by atoms with Crippen LogP contribution in [0.4, 0.5) is 0 Å². The summed E-state index contributed by atoms with van der Waals surface area (Å²) in [5.74, 6) is 0.236. The number of hydrogen-bond donors (Lipinski definition) is 3. The molecule has 27 heavy (non-hydrogen) atoms. The van der Waals surface area contributed by atoms with Gasteiger partial charge in [-0.1, -0.05) is 30.3 Å². The second kappa shape index (κ2) is 5.89. The number of phenols is 1. The predicted octanol–water partition coefficient (Wildman–Crippen LogP) is 4.72. The number of H-pyrrole nitrogens is 1. The Morgan fingerprint density at radius 2 is 1.70 bits per heavy atom. The normalized spacial score (nSPS) is 11.8. The van der Waals surface area contributed by atoms with Crippen LogP contribution < -0.4 is 0 Å². The van der Waals surface area contributed by atoms with Gasteiger partial charge in [0.2, 0.25) is 0 Å². The summed E-state index contributed by atoms with van der Waals surface area (Å²) in [5, 5.41) is 24.2. The van der Waals surface area contributed by atoms with Gasteiger partial charge in [0, 0.05) is 53.1 Å². The lowest BCUT2D eigenvalue weighted by Crippen LogP contribution is -1.93. The predicted molar refractivity (Wildman–Crippen MR) is 110 cm³/mol. The third kappa shape index (κ3) is 2.27. The number of nitrogens with one attached hydrogen (secondary N) is 1. The molecular formula is C23H20N2O2. The molecule has 0 spiro atoms. The number of phenolic OH excluding ortho intramolecular Hbond substituents is 1. The minimum absolute atomic E-state index is 0.0171. The monoisotopic (exact) mass is 356 g/mol. The maximum atomic E-state index is 10.4. The average molecular weight is 356 g/mol. The van der Waals surface area contributed by atoms with Gasteiger partial charge in [0.25, 0.3) is 0 Å². The van der Waals surface area contributed by atoms with Gasteiger partial charge in [-0.3, -0.25) is 0 Å². The molecule has 0 aliphatic rings. The van der Waals surface area contributed by atoms with E-state index in [4.69, 9.17) is 0 Å². The molecule has 0 bridgehead atoms. The first-order chi connectivity index (χ1) is 13.2. The summed E-state index contributed by atoms with van der Waals surface area (Å²) >= 11 is 0. The van der Waals surface area contributed by atoms with Gasteiger partial charge in [-0.15, -0.1) is 0 Å². The molecule has 0 saturated carbocycles. The molecule has 0 atom stereocenters. The average Bonchev–Trinajstić information content (AvgIpc) is 3.26. The molecule has 0 saturated heterocycles. The van der Waals surface area contributed by atoms with E-state index in [0.29, 0.717) is 6.42 Å². The first-order valence-electron chi connectivity index (χ1n) is 9.09. The zero-order chi connectivity index (χ0) is 18.5. The number of aromatic hydroxyl groups is 1. The Balaban J connectivity index is 1.93. The number of aromatic amines is 1. The van der Waals surface area contributed by atoms with Gasteiger partial charge in [0.15, 0.2) is 0 Å². The number of rotatable bonds is 3. The maximum absolute atomic E-state index is 10.4. The molecule has 2 aromatic heterocycles. The van der Waals surface area contributed by atoms with Crippen molar-refractivity contribution in [2.45, 2.75) is 6.42 Å². The van der Waals surface area contributed by atoms with Crippen molar-refractivity contribution in [1.82, 2.24) is 9.55 Å². The Bertz CT molecular complexity index is 1300. The van der Waals surface area contributed by atoms with Crippen LogP contribution in [-0.4, -0.2) is 26.4 Å². The Morgan fingerprint density at radius 3 is 2.48 bits per heavy atom. The summed E-state index contributed by atoms with van der Waals surface area (Å²) in [6.45, 7) is 0.0171. The molecule has 0 unspecified atom stereocenters. The molecule has 4 heteroatoms. The van der Waals surface area contributed by atoms with Crippen LogP contribution >= 0.6 is 0 Å². The molecule has 0 aliphatic heterocycles. The second-order valence-corrected chi connectivity index (χ2v) is 7.00. The van der Waals surface area contributed by atoms with Gasteiger partial charge in [0.05, 0.1) is 5.52 Å². The lowest BCUT2D eigenvalue weighted by Gasteiger charge is -2.07. The van der Waals surface area contributed by atoms with Gasteiger partial charge in [-0.25, -0.2) is 0 Å². The zero-order valence-electron chi connectivity index (χ0n) is 15.0. The van der Waals surface area contributed by atoms with Crippen molar-refractivity contribution in [3.63, 3.8) is 0 Å². The molecule has 5 aromatic rings. The quantitative estimate of drug-likeness (QED) is 0.438. The molecule has 0 aliphatic carbocycles. The highest BCUT2D eigenvalue weighted by atomic mass is 16.3. The number of benzene rings is 3. The Hall–Kier alpha value is -3.24. The van der Waals surface area contributed by atoms with Crippen molar-refractivity contribution in [3.05, 3.63) is 66.5 Å². The van der Waals surface area contributed by atoms with Crippen molar-refractivity contribution >= 4 is 32.6 Å². The highest BCUT2D eigenvalue weighted by molar-refractivity contribution is 6.23. The van der Waals surface area contributed by atoms with Crippen LogP contribution in [0.25, 0.3) is 43.7 Å². The molecule has 0 radical (unpaired) electrons. The molecule has 4 nitrogen and oxygen atoms in total. The molecule has 2 heterocycles. The van der Waals surface area contributed by atoms with E-state index in [1.54, 1.807) is 0 Å². The largest absolute Gasteiger partial charge is 0.508 e. The van der Waals surface area contributed by atoms with E-state index in [1.165, 1.54) is 16.5 Å². The molecule has 3 aromatic carbocycles. The summed E-state index contributed by atoms with van der Waals surface area (Å²) < 4.78 is 2.17. The van der Waals surface area contributed by atoms with Gasteiger partial charge in [-0.05, 0) is 41.3 Å². The topological polar surface area (TPSA) is 61.2 Å². The van der Waals surface area contributed by atoms with Gasteiger partial charge in [0.1, 0.15) is 5.75 Å². The minimum atomic E-state index is 0.0171. The van der Waals surface area contributed by atoms with Crippen molar-refractivity contribution in [1.29, 1.82) is 0 Å². The Kier molecular flexibility index (Phi) is 3.49. The number of nitrogens with zero attached hydrogens (tertiary/aromatic N) is 1. The van der Waals surface area contributed by atoms with E-state index in [0.717, 1.165) is 32.8 Å². The lowest BCUT2D eigenvalue weighted by molar-refractivity contribution is 0.297. The first kappa shape index (κ1) is 16.0. The third-order valence-corrected chi connectivity index (χ3v) is 5.50. The minimum Gasteiger partial charge on any atom is -0.508 e. The van der Waals surface area contributed by atoms with Crippen LogP contribution in [0.15, 0.2) is 60.9 Å². The second-order valence-electron chi connectivity index (χ2n) is 7.00. The van der Waals surface area contributed by atoms with Crippen molar-refractivity contribution < 1.29 is 10.2 Å². The first-order valence-corrected chi connectivity index (χ1v) is 9.09. The van der Waals surface area contributed by atoms with E-state index < -0.39 is 0 Å². The fraction of sp³-hybridized carbons (Fsp3) is 0.130. The van der Waals surface area contributed by atoms with Gasteiger partial charge >= 0.3 is 0 Å². The summed E-state index contributed by atoms with van der Waals surface area (Å²) in [5.41, 5.74) is 5.31. The van der Waals surface area contributed by atoms with Gasteiger partial charge in [-0.2, -0.15) is 0 Å². The standard InChI is InChI=1S/C23H20N2O2/c1-25-20-9-15(7-8-26)22(27)11-17(20)23-19-13-24-12-18(19)16(10-21(23)25)14-5-3-2-4-6-14/h2-6,9-13,24,26-27H,7-8H2,1H3. The lowest BCUT2D eigenvalue weighted by atomic mass is 9.97. The van der Waals surface area contributed by atoms with E-state index in [-0.39, 0.29) is 12.4 Å². The molecule has 134 valence electrons. The number of hydrogen-bond acceptors (Lipinski definition) is 2. The number of fused-ring (bicyclic) bond motifs is 5. The van der Waals surface area contributed by atoms with Crippen LogP contribution in [0.3, 0.4) is 0 Å². The van der Waals surface area contributed by atoms with E-state index in [2.05, 4.69) is 46.9 Å². The van der Waals surface area contributed by atoms with Crippen LogP contribution in [0.5, 0.6) is 5.75 Å². The summed E-state index contributed by atoms with van der Waals surface area (Å²) in [7, 11) is 2.05. The molecule has 0 amide bonds. The smallest absolute Gasteiger partial charge is 0.119 e. The van der Waals surface area contributed by atoms with Gasteiger partial charge < -0.3 is 19.8 Å². The number of aliphatic hydroxyl groups excluding tert-OH is 1. The summed E-state index contributed by atoms with van der Waals surface area (Å²) in [6, 6.07) is 16.4. The zero-order valence-corrected chi connectivity index (χ0v) is 15.0. The summed E-state index contributed by atoms with van der Waals surface area (Å²) in [4.78, 5) is 3.26. The summed E-state index contributed by atoms with van der Waals surface area (Å²) in [6.07, 6.45) is 4.51. The van der Waals surface area contributed by atoms with Crippen LogP contribution in [0.2, 0.25) is 0 Å². The van der Waals surface area contributed by atoms with E-state index in [1.807, 2.05) is 30.6 Å². The Morgan fingerprint density at radius 1 is 0.926 bits per heavy atom. The highest BCUT2D eigenvalue weighted by Gasteiger charge is 2.17. The van der Waals surface area contributed by atoms with Crippen molar-refractivity contribution in [2.75, 3.05) is 6.61 Å². The van der Waals surface area contributed by atoms with Crippen molar-refractivity contribution in [3.8, 4) is 16.9 Å². The number of aliphatic hydroxyl groups is 1. The van der Waals surface area contributed by atoms with Crippen LogP contribution in [0.1, 0.15) is 5.56 Å². The van der Waals surface area contributed by atoms with E-state index >= 15 is 0 Å². The third-order valence-electron chi connectivity index (χ3n) is 5.50. The highest BCUT2D eigenvalue weighted by Crippen LogP contribution is 2.41. The Labute approximate surface area is 156 Å². The SMILES string of the molecule is Cn1c2cc(CCO)c(O)cc2c2c3c[nH]cc3c(-c3ccccc3)cc21. The molecular weight excluding hydrogens is 336 g/mol. The number of aryl methyl sites for hydroxylation is 1. The van der Waals surface area contributed by atoms with E-state index in [9.17, 15) is 10.2 Å². The maximum Gasteiger partial charge on any atom is 0.119 e. The number of aromatic nitrogens is 2. The molecule has 5 rings (SSSR count). The fourth-order valence-electron chi connectivity index (χ4n) is 4.17. The van der Waals surface area contributed by atoms with Crippen LogP contribution in [-0.2, 0) is 13.5 Å². The fourth-order valence-corrected chi connectivity index (χ4v) is 4.17. The molecule has 3 N–H and O–H groups in total. The molecule has 0 fully saturated rings.